The van der Waals surface area contributed by atoms with E-state index >= 15 is 0 Å². The number of carboxylic acids is 1. The fourth-order valence-corrected chi connectivity index (χ4v) is 10.3. The number of likely N-dealkylation sites (N-methyl/N-ethyl adjacent to an activating group) is 2. The van der Waals surface area contributed by atoms with Gasteiger partial charge in [0, 0.05) is 20.0 Å². The van der Waals surface area contributed by atoms with Gasteiger partial charge in [0.1, 0.15) is 18.7 Å². The first kappa shape index (κ1) is 36.5. The fourth-order valence-electron chi connectivity index (χ4n) is 5.74. The molecule has 0 bridgehead atoms. The molecule has 2 amide bonds. The van der Waals surface area contributed by atoms with Gasteiger partial charge < -0.3 is 23.9 Å². The number of carbonyl (C=O) groups excluding carboxylic acids is 2. The van der Waals surface area contributed by atoms with Crippen LogP contribution >= 0.6 is 0 Å². The van der Waals surface area contributed by atoms with E-state index < -0.39 is 44.3 Å². The van der Waals surface area contributed by atoms with E-state index in [4.69, 9.17) is 13.9 Å². The summed E-state index contributed by atoms with van der Waals surface area (Å²) in [6, 6.07) is 27.7. The van der Waals surface area contributed by atoms with Crippen molar-refractivity contribution in [2.75, 3.05) is 33.9 Å². The second-order valence-electron chi connectivity index (χ2n) is 12.6. The monoisotopic (exact) mass is 648 g/mol. The Kier molecular flexibility index (Phi) is 13.1. The van der Waals surface area contributed by atoms with Crippen molar-refractivity contribution in [1.29, 1.82) is 0 Å². The topological polar surface area (TPSA) is 106 Å². The van der Waals surface area contributed by atoms with E-state index in [-0.39, 0.29) is 24.9 Å². The maximum Gasteiger partial charge on any atom is 0.410 e. The normalized spacial score (nSPS) is 13.7. The van der Waals surface area contributed by atoms with Crippen molar-refractivity contribution in [2.45, 2.75) is 58.3 Å². The maximum atomic E-state index is 13.3. The second-order valence-corrected chi connectivity index (χ2v) is 16.9. The van der Waals surface area contributed by atoms with Crippen LogP contribution in [-0.2, 0) is 30.1 Å². The van der Waals surface area contributed by atoms with Gasteiger partial charge in [-0.1, -0.05) is 119 Å². The standard InChI is InChI=1S/C36H48N2O7Si/c1-27(32(34(40)41)38(7)33(39)28(2)37(6)35(42)44-26-29-17-11-8-12-18-29)25-43-23-24-45-46(36(3,4)5,30-19-13-9-14-20-30)31-21-15-10-16-22-31/h8-22,27-28,32H,23-26H2,1-7H3,(H,40,41)/t27-,28-,32+/m1/s1. The van der Waals surface area contributed by atoms with E-state index in [9.17, 15) is 19.5 Å². The molecule has 3 aromatic rings. The lowest BCUT2D eigenvalue weighted by Crippen LogP contribution is -2.66. The highest BCUT2D eigenvalue weighted by Crippen LogP contribution is 2.36. The van der Waals surface area contributed by atoms with Crippen molar-refractivity contribution in [1.82, 2.24) is 9.80 Å². The van der Waals surface area contributed by atoms with Gasteiger partial charge in [0.25, 0.3) is 8.32 Å². The summed E-state index contributed by atoms with van der Waals surface area (Å²) in [4.78, 5) is 40.6. The van der Waals surface area contributed by atoms with E-state index in [0.29, 0.717) is 6.61 Å². The summed E-state index contributed by atoms with van der Waals surface area (Å²) in [5, 5.41) is 12.2. The zero-order valence-electron chi connectivity index (χ0n) is 28.0. The van der Waals surface area contributed by atoms with Crippen molar-refractivity contribution in [3.63, 3.8) is 0 Å². The Balaban J connectivity index is 1.61. The predicted octanol–water partition coefficient (Wildman–Crippen LogP) is 4.78. The maximum absolute atomic E-state index is 13.3. The predicted molar refractivity (Wildman–Crippen MR) is 182 cm³/mol. The molecule has 248 valence electrons. The van der Waals surface area contributed by atoms with Gasteiger partial charge in [-0.2, -0.15) is 0 Å². The number of carboxylic acid groups (broad SMARTS) is 1. The van der Waals surface area contributed by atoms with Gasteiger partial charge in [0.05, 0.1) is 19.8 Å². The first-order valence-electron chi connectivity index (χ1n) is 15.6. The van der Waals surface area contributed by atoms with Crippen LogP contribution in [0.5, 0.6) is 0 Å². The zero-order chi connectivity index (χ0) is 33.9. The smallest absolute Gasteiger partial charge is 0.410 e. The molecule has 0 aliphatic carbocycles. The number of benzene rings is 3. The molecule has 9 nitrogen and oxygen atoms in total. The third-order valence-electron chi connectivity index (χ3n) is 8.33. The average molecular weight is 649 g/mol. The molecule has 1 N–H and O–H groups in total. The summed E-state index contributed by atoms with van der Waals surface area (Å²) < 4.78 is 18.2. The van der Waals surface area contributed by atoms with Gasteiger partial charge in [0.2, 0.25) is 5.91 Å². The van der Waals surface area contributed by atoms with E-state index in [0.717, 1.165) is 15.9 Å². The number of carbonyl (C=O) groups is 3. The molecule has 10 heteroatoms. The number of hydrogen-bond donors (Lipinski definition) is 1. The summed E-state index contributed by atoms with van der Waals surface area (Å²) in [5.41, 5.74) is 0.817. The number of nitrogens with zero attached hydrogens (tertiary/aromatic N) is 2. The Morgan fingerprint density at radius 2 is 1.28 bits per heavy atom. The highest BCUT2D eigenvalue weighted by molar-refractivity contribution is 6.99. The van der Waals surface area contributed by atoms with Crippen LogP contribution in [0.4, 0.5) is 4.79 Å². The minimum atomic E-state index is -2.73. The van der Waals surface area contributed by atoms with Crippen molar-refractivity contribution in [3.05, 3.63) is 96.6 Å². The highest BCUT2D eigenvalue weighted by Gasteiger charge is 2.50. The first-order chi connectivity index (χ1) is 21.8. The van der Waals surface area contributed by atoms with Crippen LogP contribution in [0, 0.1) is 5.92 Å². The Bertz CT molecular complexity index is 1360. The lowest BCUT2D eigenvalue weighted by Gasteiger charge is -2.43. The van der Waals surface area contributed by atoms with Crippen LogP contribution in [-0.4, -0.2) is 87.2 Å². The van der Waals surface area contributed by atoms with Crippen molar-refractivity contribution < 1.29 is 33.4 Å². The third kappa shape index (κ3) is 8.83. The van der Waals surface area contributed by atoms with Crippen LogP contribution in [0.2, 0.25) is 5.04 Å². The van der Waals surface area contributed by atoms with E-state index in [1.54, 1.807) is 13.8 Å². The molecule has 0 aliphatic heterocycles. The summed E-state index contributed by atoms with van der Waals surface area (Å²) >= 11 is 0. The van der Waals surface area contributed by atoms with Crippen molar-refractivity contribution in [2.24, 2.45) is 5.92 Å². The van der Waals surface area contributed by atoms with Crippen molar-refractivity contribution in [3.8, 4) is 0 Å². The zero-order valence-corrected chi connectivity index (χ0v) is 29.0. The van der Waals surface area contributed by atoms with Crippen molar-refractivity contribution >= 4 is 36.7 Å². The molecule has 3 rings (SSSR count). The van der Waals surface area contributed by atoms with Crippen LogP contribution in [0.25, 0.3) is 0 Å². The Morgan fingerprint density at radius 3 is 1.76 bits per heavy atom. The van der Waals surface area contributed by atoms with E-state index in [1.165, 1.54) is 23.9 Å². The van der Waals surface area contributed by atoms with Gasteiger partial charge in [-0.15, -0.1) is 0 Å². The van der Waals surface area contributed by atoms with E-state index in [1.807, 2.05) is 66.7 Å². The molecule has 3 atom stereocenters. The molecule has 0 aromatic heterocycles. The minimum Gasteiger partial charge on any atom is -0.480 e. The van der Waals surface area contributed by atoms with Gasteiger partial charge >= 0.3 is 12.1 Å². The summed E-state index contributed by atoms with van der Waals surface area (Å²) in [6.07, 6.45) is -0.678. The third-order valence-corrected chi connectivity index (χ3v) is 13.4. The molecule has 0 unspecified atom stereocenters. The van der Waals surface area contributed by atoms with E-state index in [2.05, 4.69) is 45.0 Å². The molecular weight excluding hydrogens is 600 g/mol. The van der Waals surface area contributed by atoms with Crippen LogP contribution in [0.3, 0.4) is 0 Å². The van der Waals surface area contributed by atoms with Gasteiger partial charge in [0.15, 0.2) is 0 Å². The quantitative estimate of drug-likeness (QED) is 0.187. The number of amides is 2. The molecule has 0 radical (unpaired) electrons. The number of rotatable bonds is 15. The molecule has 0 saturated carbocycles. The molecule has 0 saturated heterocycles. The number of hydrogen-bond acceptors (Lipinski definition) is 6. The highest BCUT2D eigenvalue weighted by atomic mass is 28.4. The Morgan fingerprint density at radius 1 is 0.783 bits per heavy atom. The van der Waals surface area contributed by atoms with Gasteiger partial charge in [-0.25, -0.2) is 9.59 Å². The van der Waals surface area contributed by atoms with Gasteiger partial charge in [-0.3, -0.25) is 9.69 Å². The van der Waals surface area contributed by atoms with Crippen LogP contribution in [0.1, 0.15) is 40.2 Å². The minimum absolute atomic E-state index is 0.0622. The van der Waals surface area contributed by atoms with Crippen LogP contribution < -0.4 is 10.4 Å². The molecule has 0 heterocycles. The molecule has 3 aromatic carbocycles. The van der Waals surface area contributed by atoms with Gasteiger partial charge in [-0.05, 0) is 27.9 Å². The molecular formula is C36H48N2O7Si. The number of ether oxygens (including phenoxy) is 2. The van der Waals surface area contributed by atoms with Crippen LogP contribution in [0.15, 0.2) is 91.0 Å². The Hall–Kier alpha value is -3.99. The fraction of sp³-hybridized carbons (Fsp3) is 0.417. The lowest BCUT2D eigenvalue weighted by molar-refractivity contribution is -0.153. The first-order valence-corrected chi connectivity index (χ1v) is 17.5. The number of aliphatic carboxylic acids is 1. The molecule has 0 spiro atoms. The molecule has 46 heavy (non-hydrogen) atoms. The largest absolute Gasteiger partial charge is 0.480 e. The molecule has 0 fully saturated rings. The average Bonchev–Trinajstić information content (AvgIpc) is 3.04. The summed E-state index contributed by atoms with van der Waals surface area (Å²) in [6.45, 7) is 10.6. The molecule has 0 aliphatic rings. The summed E-state index contributed by atoms with van der Waals surface area (Å²) in [5.74, 6) is -2.22. The second kappa shape index (κ2) is 16.5. The lowest BCUT2D eigenvalue weighted by atomic mass is 10.0. The summed E-state index contributed by atoms with van der Waals surface area (Å²) in [7, 11) is 0.163. The Labute approximate surface area is 274 Å². The SMILES string of the molecule is C[C@H](COCCO[Si](c1ccccc1)(c1ccccc1)C(C)(C)C)[C@@H](C(=O)O)N(C)C(=O)[C@@H](C)N(C)C(=O)OCc1ccccc1.